The molecule has 0 aliphatic rings. The second kappa shape index (κ2) is 7.47. The average molecular weight is 255 g/mol. The Balaban J connectivity index is 1.84. The van der Waals surface area contributed by atoms with Crippen molar-refractivity contribution in [2.45, 2.75) is 26.2 Å². The van der Waals surface area contributed by atoms with Crippen molar-refractivity contribution in [1.29, 1.82) is 0 Å². The van der Waals surface area contributed by atoms with E-state index in [-0.39, 0.29) is 0 Å². The highest BCUT2D eigenvalue weighted by Crippen LogP contribution is 2.19. The lowest BCUT2D eigenvalue weighted by Gasteiger charge is -2.08. The van der Waals surface area contributed by atoms with Crippen LogP contribution in [0.15, 0.2) is 54.6 Å². The van der Waals surface area contributed by atoms with Gasteiger partial charge < -0.3 is 10.1 Å². The van der Waals surface area contributed by atoms with E-state index in [1.807, 2.05) is 42.5 Å². The minimum absolute atomic E-state index is 0.805. The van der Waals surface area contributed by atoms with Crippen molar-refractivity contribution in [3.8, 4) is 5.75 Å². The fourth-order valence-corrected chi connectivity index (χ4v) is 1.86. The molecule has 0 fully saturated rings. The predicted octanol–water partition coefficient (Wildman–Crippen LogP) is 5.00. The Hall–Kier alpha value is -1.96. The molecule has 100 valence electrons. The van der Waals surface area contributed by atoms with Crippen LogP contribution in [0.25, 0.3) is 0 Å². The van der Waals surface area contributed by atoms with Crippen molar-refractivity contribution in [2.24, 2.45) is 0 Å². The van der Waals surface area contributed by atoms with Crippen LogP contribution in [-0.2, 0) is 0 Å². The number of benzene rings is 2. The monoisotopic (exact) mass is 255 g/mol. The smallest absolute Gasteiger partial charge is 0.119 e. The van der Waals surface area contributed by atoms with E-state index in [0.29, 0.717) is 0 Å². The minimum Gasteiger partial charge on any atom is -0.494 e. The normalized spacial score (nSPS) is 10.2. The number of hydrogen-bond donors (Lipinski definition) is 1. The van der Waals surface area contributed by atoms with Crippen molar-refractivity contribution in [1.82, 2.24) is 0 Å². The molecule has 2 nitrogen and oxygen atoms in total. The Kier molecular flexibility index (Phi) is 5.30. The maximum absolute atomic E-state index is 5.69. The Morgan fingerprint density at radius 1 is 0.842 bits per heavy atom. The molecule has 2 aromatic rings. The Bertz CT molecular complexity index is 464. The molecule has 0 aliphatic heterocycles. The summed E-state index contributed by atoms with van der Waals surface area (Å²) in [4.78, 5) is 0. The molecule has 2 aromatic carbocycles. The number of ether oxygens (including phenoxy) is 1. The quantitative estimate of drug-likeness (QED) is 0.703. The average Bonchev–Trinajstić information content (AvgIpc) is 2.46. The van der Waals surface area contributed by atoms with E-state index in [1.165, 1.54) is 12.8 Å². The molecule has 0 saturated heterocycles. The third-order valence-electron chi connectivity index (χ3n) is 2.93. The molecule has 0 aliphatic carbocycles. The van der Waals surface area contributed by atoms with E-state index in [2.05, 4.69) is 24.4 Å². The zero-order valence-electron chi connectivity index (χ0n) is 11.4. The van der Waals surface area contributed by atoms with Crippen LogP contribution in [0.5, 0.6) is 5.75 Å². The Morgan fingerprint density at radius 3 is 2.21 bits per heavy atom. The first-order chi connectivity index (χ1) is 9.38. The molecule has 0 amide bonds. The molecule has 0 radical (unpaired) electrons. The molecule has 0 bridgehead atoms. The summed E-state index contributed by atoms with van der Waals surface area (Å²) in [7, 11) is 0. The lowest BCUT2D eigenvalue weighted by molar-refractivity contribution is 0.306. The Morgan fingerprint density at radius 2 is 1.53 bits per heavy atom. The van der Waals surface area contributed by atoms with Crippen molar-refractivity contribution in [3.05, 3.63) is 54.6 Å². The zero-order valence-corrected chi connectivity index (χ0v) is 11.4. The maximum Gasteiger partial charge on any atom is 0.119 e. The van der Waals surface area contributed by atoms with E-state index >= 15 is 0 Å². The third-order valence-corrected chi connectivity index (χ3v) is 2.93. The topological polar surface area (TPSA) is 21.3 Å². The van der Waals surface area contributed by atoms with Crippen LogP contribution >= 0.6 is 0 Å². The molecule has 0 saturated carbocycles. The first-order valence-electron chi connectivity index (χ1n) is 6.93. The molecule has 0 spiro atoms. The summed E-state index contributed by atoms with van der Waals surface area (Å²) < 4.78 is 5.69. The molecule has 0 heterocycles. The van der Waals surface area contributed by atoms with E-state index in [0.717, 1.165) is 30.2 Å². The number of hydrogen-bond acceptors (Lipinski definition) is 2. The first-order valence-corrected chi connectivity index (χ1v) is 6.93. The van der Waals surface area contributed by atoms with Gasteiger partial charge in [-0.05, 0) is 42.8 Å². The molecular formula is C17H21NO. The van der Waals surface area contributed by atoms with Gasteiger partial charge in [-0.3, -0.25) is 0 Å². The van der Waals surface area contributed by atoms with Crippen LogP contribution in [0.3, 0.4) is 0 Å². The van der Waals surface area contributed by atoms with Crippen molar-refractivity contribution >= 4 is 11.4 Å². The summed E-state index contributed by atoms with van der Waals surface area (Å²) in [5.74, 6) is 0.940. The van der Waals surface area contributed by atoms with Gasteiger partial charge in [0.15, 0.2) is 0 Å². The van der Waals surface area contributed by atoms with Gasteiger partial charge in [0.1, 0.15) is 5.75 Å². The van der Waals surface area contributed by atoms with Crippen LogP contribution in [-0.4, -0.2) is 6.61 Å². The predicted molar refractivity (Wildman–Crippen MR) is 81.2 cm³/mol. The molecule has 0 atom stereocenters. The SMILES string of the molecule is CCCCCOc1ccc(Nc2ccccc2)cc1. The van der Waals surface area contributed by atoms with Crippen LogP contribution in [0.1, 0.15) is 26.2 Å². The standard InChI is InChI=1S/C17H21NO/c1-2-3-7-14-19-17-12-10-16(11-13-17)18-15-8-5-4-6-9-15/h4-6,8-13,18H,2-3,7,14H2,1H3. The maximum atomic E-state index is 5.69. The molecule has 1 N–H and O–H groups in total. The largest absolute Gasteiger partial charge is 0.494 e. The van der Waals surface area contributed by atoms with Crippen molar-refractivity contribution in [3.63, 3.8) is 0 Å². The van der Waals surface area contributed by atoms with E-state index in [9.17, 15) is 0 Å². The van der Waals surface area contributed by atoms with Gasteiger partial charge in [-0.15, -0.1) is 0 Å². The van der Waals surface area contributed by atoms with Gasteiger partial charge in [-0.1, -0.05) is 38.0 Å². The molecular weight excluding hydrogens is 234 g/mol. The summed E-state index contributed by atoms with van der Waals surface area (Å²) in [6.45, 7) is 3.00. The van der Waals surface area contributed by atoms with Gasteiger partial charge >= 0.3 is 0 Å². The van der Waals surface area contributed by atoms with E-state index in [1.54, 1.807) is 0 Å². The molecule has 2 heteroatoms. The van der Waals surface area contributed by atoms with Gasteiger partial charge in [-0.25, -0.2) is 0 Å². The van der Waals surface area contributed by atoms with Gasteiger partial charge in [0.2, 0.25) is 0 Å². The highest BCUT2D eigenvalue weighted by molar-refractivity contribution is 5.59. The van der Waals surface area contributed by atoms with Gasteiger partial charge in [0, 0.05) is 11.4 Å². The summed E-state index contributed by atoms with van der Waals surface area (Å²) >= 11 is 0. The number of anilines is 2. The number of para-hydroxylation sites is 1. The molecule has 2 rings (SSSR count). The highest BCUT2D eigenvalue weighted by Gasteiger charge is 1.96. The van der Waals surface area contributed by atoms with E-state index in [4.69, 9.17) is 4.74 Å². The molecule has 0 unspecified atom stereocenters. The summed E-state index contributed by atoms with van der Waals surface area (Å²) in [6.07, 6.45) is 3.58. The Labute approximate surface area is 115 Å². The molecule has 0 aromatic heterocycles. The molecule has 19 heavy (non-hydrogen) atoms. The number of rotatable bonds is 7. The zero-order chi connectivity index (χ0) is 13.3. The van der Waals surface area contributed by atoms with E-state index < -0.39 is 0 Å². The minimum atomic E-state index is 0.805. The fraction of sp³-hybridized carbons (Fsp3) is 0.294. The lowest BCUT2D eigenvalue weighted by atomic mass is 10.2. The summed E-state index contributed by atoms with van der Waals surface area (Å²) in [5, 5.41) is 3.35. The summed E-state index contributed by atoms with van der Waals surface area (Å²) in [6, 6.07) is 18.3. The second-order valence-electron chi connectivity index (χ2n) is 4.57. The van der Waals surface area contributed by atoms with Crippen LogP contribution < -0.4 is 10.1 Å². The van der Waals surface area contributed by atoms with Crippen LogP contribution in [0.4, 0.5) is 11.4 Å². The first kappa shape index (κ1) is 13.5. The van der Waals surface area contributed by atoms with Crippen LogP contribution in [0.2, 0.25) is 0 Å². The number of nitrogens with one attached hydrogen (secondary N) is 1. The van der Waals surface area contributed by atoms with Crippen molar-refractivity contribution < 1.29 is 4.74 Å². The summed E-state index contributed by atoms with van der Waals surface area (Å²) in [5.41, 5.74) is 2.17. The fourth-order valence-electron chi connectivity index (χ4n) is 1.86. The highest BCUT2D eigenvalue weighted by atomic mass is 16.5. The van der Waals surface area contributed by atoms with Gasteiger partial charge in [-0.2, -0.15) is 0 Å². The van der Waals surface area contributed by atoms with Crippen LogP contribution in [0, 0.1) is 0 Å². The van der Waals surface area contributed by atoms with Gasteiger partial charge in [0.05, 0.1) is 6.61 Å². The van der Waals surface area contributed by atoms with Gasteiger partial charge in [0.25, 0.3) is 0 Å². The van der Waals surface area contributed by atoms with Crippen molar-refractivity contribution in [2.75, 3.05) is 11.9 Å². The third kappa shape index (κ3) is 4.66. The lowest BCUT2D eigenvalue weighted by Crippen LogP contribution is -1.97. The second-order valence-corrected chi connectivity index (χ2v) is 4.57. The number of unbranched alkanes of at least 4 members (excludes halogenated alkanes) is 2.